The highest BCUT2D eigenvalue weighted by molar-refractivity contribution is 8.00. The predicted molar refractivity (Wildman–Crippen MR) is 186 cm³/mol. The monoisotopic (exact) mass is 711 g/mol. The Bertz CT molecular complexity index is 2070. The maximum atomic E-state index is 13.9. The highest BCUT2D eigenvalue weighted by atomic mass is 32.2. The van der Waals surface area contributed by atoms with E-state index in [-0.39, 0.29) is 27.8 Å². The zero-order valence-corrected chi connectivity index (χ0v) is 28.3. The largest absolute Gasteiger partial charge is 0.507 e. The van der Waals surface area contributed by atoms with Gasteiger partial charge in [-0.05, 0) is 66.1 Å². The summed E-state index contributed by atoms with van der Waals surface area (Å²) in [6.07, 6.45) is 0. The van der Waals surface area contributed by atoms with Crippen molar-refractivity contribution in [1.29, 1.82) is 0 Å². The van der Waals surface area contributed by atoms with Crippen molar-refractivity contribution in [3.63, 3.8) is 0 Å². The van der Waals surface area contributed by atoms with Gasteiger partial charge in [-0.15, -0.1) is 10.2 Å². The molecule has 13 heteroatoms. The maximum absolute atomic E-state index is 13.9. The molecule has 2 aliphatic rings. The minimum absolute atomic E-state index is 0.136. The predicted octanol–water partition coefficient (Wildman–Crippen LogP) is 7.34. The van der Waals surface area contributed by atoms with Crippen molar-refractivity contribution in [3.8, 4) is 23.0 Å². The van der Waals surface area contributed by atoms with Crippen LogP contribution in [0.3, 0.4) is 0 Å². The molecule has 1 N–H and O–H groups in total. The second-order valence-electron chi connectivity index (χ2n) is 11.2. The number of anilines is 1. The van der Waals surface area contributed by atoms with Gasteiger partial charge in [0.2, 0.25) is 5.13 Å². The standard InChI is InChI=1S/C37H30FN3O7S2/c1-2-45-29-18-24(10-14-28(29)48-20-22-6-4-3-5-7-22)32-31(33(42)25-11-15-27-30(19-25)47-17-16-46-27)34(43)35(44)41(32)36-39-40-37(50-36)49-21-23-8-12-26(38)13-9-23/h3-15,18-19,32,42H,2,16-17,20-21H2,1H3/b33-31+/t32-/m1/s1. The third-order valence-corrected chi connectivity index (χ3v) is 10.1. The van der Waals surface area contributed by atoms with Gasteiger partial charge in [0.25, 0.3) is 5.78 Å². The molecule has 2 aliphatic heterocycles. The molecule has 1 aromatic heterocycles. The number of fused-ring (bicyclic) bond motifs is 1. The highest BCUT2D eigenvalue weighted by Crippen LogP contribution is 2.46. The molecule has 7 rings (SSSR count). The molecule has 1 amide bonds. The molecule has 5 aromatic rings. The molecular weight excluding hydrogens is 682 g/mol. The van der Waals surface area contributed by atoms with Crippen LogP contribution in [0.15, 0.2) is 101 Å². The Kier molecular flexibility index (Phi) is 9.67. The van der Waals surface area contributed by atoms with Crippen LogP contribution in [0.2, 0.25) is 0 Å². The van der Waals surface area contributed by atoms with E-state index >= 15 is 0 Å². The highest BCUT2D eigenvalue weighted by Gasteiger charge is 2.48. The molecule has 1 saturated heterocycles. The Morgan fingerprint density at radius 1 is 0.920 bits per heavy atom. The van der Waals surface area contributed by atoms with Gasteiger partial charge >= 0.3 is 5.91 Å². The van der Waals surface area contributed by atoms with Crippen LogP contribution in [0.25, 0.3) is 5.76 Å². The summed E-state index contributed by atoms with van der Waals surface area (Å²) in [5, 5.41) is 20.5. The zero-order valence-electron chi connectivity index (χ0n) is 26.7. The van der Waals surface area contributed by atoms with E-state index in [1.54, 1.807) is 48.5 Å². The first-order valence-electron chi connectivity index (χ1n) is 15.7. The molecule has 0 saturated carbocycles. The first-order valence-corrected chi connectivity index (χ1v) is 17.5. The number of hydrogen-bond acceptors (Lipinski definition) is 11. The van der Waals surface area contributed by atoms with Gasteiger partial charge < -0.3 is 24.1 Å². The van der Waals surface area contributed by atoms with Gasteiger partial charge in [-0.25, -0.2) is 4.39 Å². The number of rotatable bonds is 11. The van der Waals surface area contributed by atoms with Gasteiger partial charge in [-0.1, -0.05) is 71.6 Å². The third-order valence-electron chi connectivity index (χ3n) is 7.96. The Morgan fingerprint density at radius 2 is 1.70 bits per heavy atom. The van der Waals surface area contributed by atoms with Gasteiger partial charge in [0.1, 0.15) is 31.4 Å². The third kappa shape index (κ3) is 6.87. The molecule has 0 radical (unpaired) electrons. The lowest BCUT2D eigenvalue weighted by Gasteiger charge is -2.24. The number of ether oxygens (including phenoxy) is 4. The molecule has 3 heterocycles. The van der Waals surface area contributed by atoms with E-state index in [0.29, 0.717) is 65.1 Å². The number of carbonyl (C=O) groups excluding carboxylic acids is 2. The van der Waals surface area contributed by atoms with Crippen molar-refractivity contribution in [3.05, 3.63) is 125 Å². The number of nitrogens with zero attached hydrogens (tertiary/aromatic N) is 3. The van der Waals surface area contributed by atoms with Crippen molar-refractivity contribution in [2.75, 3.05) is 24.7 Å². The smallest absolute Gasteiger partial charge is 0.301 e. The lowest BCUT2D eigenvalue weighted by atomic mass is 9.95. The van der Waals surface area contributed by atoms with Crippen molar-refractivity contribution in [1.82, 2.24) is 10.2 Å². The zero-order chi connectivity index (χ0) is 34.6. The first-order chi connectivity index (χ1) is 24.4. The molecule has 1 atom stereocenters. The molecule has 50 heavy (non-hydrogen) atoms. The Balaban J connectivity index is 1.28. The summed E-state index contributed by atoms with van der Waals surface area (Å²) in [4.78, 5) is 29.0. The fourth-order valence-corrected chi connectivity index (χ4v) is 7.42. The summed E-state index contributed by atoms with van der Waals surface area (Å²) in [5.41, 5.74) is 2.47. The van der Waals surface area contributed by atoms with E-state index in [1.807, 2.05) is 37.3 Å². The molecule has 0 bridgehead atoms. The molecule has 4 aromatic carbocycles. The van der Waals surface area contributed by atoms with E-state index in [9.17, 15) is 19.1 Å². The van der Waals surface area contributed by atoms with Crippen molar-refractivity contribution < 1.29 is 38.0 Å². The summed E-state index contributed by atoms with van der Waals surface area (Å²) in [7, 11) is 0. The molecule has 0 spiro atoms. The lowest BCUT2D eigenvalue weighted by Crippen LogP contribution is -2.29. The molecular formula is C37H30FN3O7S2. The number of amides is 1. The SMILES string of the molecule is CCOc1cc([C@@H]2/C(=C(\O)c3ccc4c(c3)OCCO4)C(=O)C(=O)N2c2nnc(SCc3ccc(F)cc3)s2)ccc1OCc1ccccc1. The fraction of sp³-hybridized carbons (Fsp3) is 0.189. The average molecular weight is 712 g/mol. The van der Waals surface area contributed by atoms with Gasteiger partial charge in [-0.3, -0.25) is 14.5 Å². The summed E-state index contributed by atoms with van der Waals surface area (Å²) >= 11 is 2.50. The molecule has 0 aliphatic carbocycles. The minimum atomic E-state index is -1.09. The molecule has 10 nitrogen and oxygen atoms in total. The number of carbonyl (C=O) groups is 2. The van der Waals surface area contributed by atoms with E-state index in [4.69, 9.17) is 18.9 Å². The van der Waals surface area contributed by atoms with Gasteiger partial charge in [0.05, 0.1) is 18.2 Å². The van der Waals surface area contributed by atoms with Crippen molar-refractivity contribution >= 4 is 45.7 Å². The second kappa shape index (κ2) is 14.6. The number of benzene rings is 4. The minimum Gasteiger partial charge on any atom is -0.507 e. The number of Topliss-reactive ketones (excluding diaryl/α,β-unsaturated/α-hetero) is 1. The number of ketones is 1. The normalized spacial score (nSPS) is 16.4. The molecule has 0 unspecified atom stereocenters. The summed E-state index contributed by atoms with van der Waals surface area (Å²) in [6, 6.07) is 24.7. The van der Waals surface area contributed by atoms with Crippen LogP contribution < -0.4 is 23.8 Å². The maximum Gasteiger partial charge on any atom is 0.301 e. The van der Waals surface area contributed by atoms with Gasteiger partial charge in [-0.2, -0.15) is 0 Å². The van der Waals surface area contributed by atoms with Crippen LogP contribution in [0.1, 0.15) is 35.2 Å². The average Bonchev–Trinajstić information content (AvgIpc) is 3.72. The first kappa shape index (κ1) is 33.1. The van der Waals surface area contributed by atoms with Crippen LogP contribution in [-0.4, -0.2) is 46.8 Å². The number of aliphatic hydroxyl groups excluding tert-OH is 1. The molecule has 254 valence electrons. The van der Waals surface area contributed by atoms with Crippen LogP contribution in [0.5, 0.6) is 23.0 Å². The quantitative estimate of drug-likeness (QED) is 0.0490. The molecule has 1 fully saturated rings. The van der Waals surface area contributed by atoms with Crippen LogP contribution in [0, 0.1) is 5.82 Å². The number of halogens is 1. The van der Waals surface area contributed by atoms with Crippen molar-refractivity contribution in [2.24, 2.45) is 0 Å². The Morgan fingerprint density at radius 3 is 2.48 bits per heavy atom. The van der Waals surface area contributed by atoms with E-state index in [2.05, 4.69) is 10.2 Å². The van der Waals surface area contributed by atoms with E-state index in [0.717, 1.165) is 22.5 Å². The summed E-state index contributed by atoms with van der Waals surface area (Å²) in [5.74, 6) is -0.185. The Labute approximate surface area is 295 Å². The number of aromatic nitrogens is 2. The lowest BCUT2D eigenvalue weighted by molar-refractivity contribution is -0.132. The fourth-order valence-electron chi connectivity index (χ4n) is 5.59. The summed E-state index contributed by atoms with van der Waals surface area (Å²) in [6.45, 7) is 3.19. The van der Waals surface area contributed by atoms with E-state index in [1.165, 1.54) is 28.8 Å². The van der Waals surface area contributed by atoms with Crippen LogP contribution in [-0.2, 0) is 21.9 Å². The van der Waals surface area contributed by atoms with Crippen LogP contribution in [0.4, 0.5) is 9.52 Å². The summed E-state index contributed by atoms with van der Waals surface area (Å²) < 4.78 is 37.4. The van der Waals surface area contributed by atoms with E-state index < -0.39 is 17.7 Å². The number of hydrogen-bond donors (Lipinski definition) is 1. The van der Waals surface area contributed by atoms with Crippen molar-refractivity contribution in [2.45, 2.75) is 29.7 Å². The second-order valence-corrected chi connectivity index (χ2v) is 13.4. The topological polar surface area (TPSA) is 120 Å². The Hall–Kier alpha value is -5.40. The van der Waals surface area contributed by atoms with Crippen LogP contribution >= 0.6 is 23.1 Å². The number of thioether (sulfide) groups is 1. The van der Waals surface area contributed by atoms with Gasteiger partial charge in [0, 0.05) is 11.3 Å². The number of aliphatic hydroxyl groups is 1. The van der Waals surface area contributed by atoms with Gasteiger partial charge in [0.15, 0.2) is 27.3 Å².